The topological polar surface area (TPSA) is 57.6 Å². The van der Waals surface area contributed by atoms with Gasteiger partial charge < -0.3 is 10.0 Å². The van der Waals surface area contributed by atoms with Crippen molar-refractivity contribution in [3.8, 4) is 0 Å². The lowest BCUT2D eigenvalue weighted by Crippen LogP contribution is -2.36. The van der Waals surface area contributed by atoms with Gasteiger partial charge in [0, 0.05) is 12.7 Å². The molecular formula is C14H19NO3. The van der Waals surface area contributed by atoms with Gasteiger partial charge in [-0.25, -0.2) is 0 Å². The number of rotatable bonds is 4. The van der Waals surface area contributed by atoms with Gasteiger partial charge in [-0.15, -0.1) is 0 Å². The van der Waals surface area contributed by atoms with Gasteiger partial charge in [-0.1, -0.05) is 13.0 Å². The van der Waals surface area contributed by atoms with E-state index in [2.05, 4.69) is 0 Å². The number of carbonyl (C=O) groups excluding carboxylic acids is 1. The molecule has 0 bridgehead atoms. The highest BCUT2D eigenvalue weighted by Crippen LogP contribution is 2.20. The number of carboxylic acids is 1. The SMILES string of the molecule is CCC(C(=O)O)C(=O)N(C)c1ccc(C)c(C)c1. The summed E-state index contributed by atoms with van der Waals surface area (Å²) in [6.07, 6.45) is 0.295. The third-order valence-corrected chi connectivity index (χ3v) is 3.21. The predicted octanol–water partition coefficient (Wildman–Crippen LogP) is 2.38. The number of hydrogen-bond donors (Lipinski definition) is 1. The van der Waals surface area contributed by atoms with E-state index in [1.54, 1.807) is 14.0 Å². The van der Waals surface area contributed by atoms with E-state index in [0.717, 1.165) is 16.8 Å². The summed E-state index contributed by atoms with van der Waals surface area (Å²) in [7, 11) is 1.61. The smallest absolute Gasteiger partial charge is 0.316 e. The van der Waals surface area contributed by atoms with Gasteiger partial charge in [0.15, 0.2) is 0 Å². The van der Waals surface area contributed by atoms with Gasteiger partial charge in [0.05, 0.1) is 0 Å². The number of nitrogens with zero attached hydrogens (tertiary/aromatic N) is 1. The molecule has 0 fully saturated rings. The van der Waals surface area contributed by atoms with Gasteiger partial charge in [-0.3, -0.25) is 9.59 Å². The van der Waals surface area contributed by atoms with Gasteiger partial charge in [-0.05, 0) is 43.5 Å². The Morgan fingerprint density at radius 1 is 1.28 bits per heavy atom. The van der Waals surface area contributed by atoms with Crippen LogP contribution in [0, 0.1) is 19.8 Å². The van der Waals surface area contributed by atoms with Crippen LogP contribution < -0.4 is 4.90 Å². The number of carboxylic acid groups (broad SMARTS) is 1. The molecule has 0 radical (unpaired) electrons. The van der Waals surface area contributed by atoms with Crippen molar-refractivity contribution in [2.45, 2.75) is 27.2 Å². The van der Waals surface area contributed by atoms with Crippen molar-refractivity contribution in [2.75, 3.05) is 11.9 Å². The molecular weight excluding hydrogens is 230 g/mol. The lowest BCUT2D eigenvalue weighted by atomic mass is 10.0. The molecule has 1 rings (SSSR count). The summed E-state index contributed by atoms with van der Waals surface area (Å²) in [5.74, 6) is -2.43. The molecule has 4 nitrogen and oxygen atoms in total. The second-order valence-electron chi connectivity index (χ2n) is 4.46. The van der Waals surface area contributed by atoms with Crippen molar-refractivity contribution in [3.05, 3.63) is 29.3 Å². The Morgan fingerprint density at radius 2 is 1.89 bits per heavy atom. The van der Waals surface area contributed by atoms with Crippen LogP contribution in [0.15, 0.2) is 18.2 Å². The van der Waals surface area contributed by atoms with Crippen LogP contribution in [0.3, 0.4) is 0 Å². The first-order valence-corrected chi connectivity index (χ1v) is 5.96. The van der Waals surface area contributed by atoms with E-state index in [1.807, 2.05) is 32.0 Å². The fourth-order valence-corrected chi connectivity index (χ4v) is 1.75. The quantitative estimate of drug-likeness (QED) is 0.833. The first kappa shape index (κ1) is 14.2. The zero-order chi connectivity index (χ0) is 13.9. The molecule has 1 aromatic carbocycles. The fraction of sp³-hybridized carbons (Fsp3) is 0.429. The molecule has 1 unspecified atom stereocenters. The van der Waals surface area contributed by atoms with E-state index in [1.165, 1.54) is 4.90 Å². The van der Waals surface area contributed by atoms with Crippen molar-refractivity contribution in [3.63, 3.8) is 0 Å². The van der Waals surface area contributed by atoms with Crippen LogP contribution in [0.1, 0.15) is 24.5 Å². The lowest BCUT2D eigenvalue weighted by Gasteiger charge is -2.21. The van der Waals surface area contributed by atoms with Crippen LogP contribution in [0.5, 0.6) is 0 Å². The van der Waals surface area contributed by atoms with E-state index in [9.17, 15) is 9.59 Å². The molecule has 4 heteroatoms. The lowest BCUT2D eigenvalue weighted by molar-refractivity contribution is -0.146. The van der Waals surface area contributed by atoms with Crippen molar-refractivity contribution in [2.24, 2.45) is 5.92 Å². The van der Waals surface area contributed by atoms with Crippen LogP contribution in [-0.4, -0.2) is 24.0 Å². The molecule has 0 saturated heterocycles. The van der Waals surface area contributed by atoms with E-state index >= 15 is 0 Å². The molecule has 0 aliphatic heterocycles. The summed E-state index contributed by atoms with van der Waals surface area (Å²) in [6.45, 7) is 5.66. The van der Waals surface area contributed by atoms with Crippen molar-refractivity contribution < 1.29 is 14.7 Å². The van der Waals surface area contributed by atoms with Gasteiger partial charge >= 0.3 is 5.97 Å². The van der Waals surface area contributed by atoms with E-state index in [-0.39, 0.29) is 5.91 Å². The number of aryl methyl sites for hydroxylation is 2. The maximum atomic E-state index is 12.1. The Labute approximate surface area is 107 Å². The first-order valence-electron chi connectivity index (χ1n) is 5.96. The molecule has 1 amide bonds. The molecule has 0 spiro atoms. The fourth-order valence-electron chi connectivity index (χ4n) is 1.75. The summed E-state index contributed by atoms with van der Waals surface area (Å²) in [5.41, 5.74) is 2.95. The number of carbonyl (C=O) groups is 2. The molecule has 0 saturated carbocycles. The number of aliphatic carboxylic acids is 1. The Balaban J connectivity index is 2.99. The average Bonchev–Trinajstić information content (AvgIpc) is 2.32. The Hall–Kier alpha value is -1.84. The number of benzene rings is 1. The van der Waals surface area contributed by atoms with Crippen LogP contribution in [0.25, 0.3) is 0 Å². The maximum Gasteiger partial charge on any atom is 0.316 e. The van der Waals surface area contributed by atoms with E-state index in [0.29, 0.717) is 6.42 Å². The van der Waals surface area contributed by atoms with E-state index < -0.39 is 11.9 Å². The molecule has 0 heterocycles. The van der Waals surface area contributed by atoms with Crippen LogP contribution in [0.4, 0.5) is 5.69 Å². The van der Waals surface area contributed by atoms with Gasteiger partial charge in [-0.2, -0.15) is 0 Å². The minimum atomic E-state index is -1.07. The first-order chi connectivity index (χ1) is 8.38. The molecule has 1 aromatic rings. The summed E-state index contributed by atoms with van der Waals surface area (Å²) in [5, 5.41) is 8.99. The Bertz CT molecular complexity index is 468. The predicted molar refractivity (Wildman–Crippen MR) is 70.7 cm³/mol. The summed E-state index contributed by atoms with van der Waals surface area (Å²) in [6, 6.07) is 5.65. The normalized spacial score (nSPS) is 12.0. The highest BCUT2D eigenvalue weighted by atomic mass is 16.4. The highest BCUT2D eigenvalue weighted by Gasteiger charge is 2.27. The summed E-state index contributed by atoms with van der Waals surface area (Å²) < 4.78 is 0. The second-order valence-corrected chi connectivity index (χ2v) is 4.46. The molecule has 1 N–H and O–H groups in total. The monoisotopic (exact) mass is 249 g/mol. The van der Waals surface area contributed by atoms with Crippen molar-refractivity contribution in [1.29, 1.82) is 0 Å². The minimum absolute atomic E-state index is 0.295. The molecule has 0 aliphatic rings. The number of anilines is 1. The van der Waals surface area contributed by atoms with Gasteiger partial charge in [0.2, 0.25) is 5.91 Å². The Kier molecular flexibility index (Phi) is 4.48. The average molecular weight is 249 g/mol. The van der Waals surface area contributed by atoms with Gasteiger partial charge in [0.25, 0.3) is 0 Å². The molecule has 98 valence electrons. The van der Waals surface area contributed by atoms with Crippen molar-refractivity contribution >= 4 is 17.6 Å². The van der Waals surface area contributed by atoms with Crippen molar-refractivity contribution in [1.82, 2.24) is 0 Å². The molecule has 1 atom stereocenters. The largest absolute Gasteiger partial charge is 0.481 e. The standard InChI is InChI=1S/C14H19NO3/c1-5-12(14(17)18)13(16)15(4)11-7-6-9(2)10(3)8-11/h6-8,12H,5H2,1-4H3,(H,17,18). The zero-order valence-electron chi connectivity index (χ0n) is 11.2. The maximum absolute atomic E-state index is 12.1. The second kappa shape index (κ2) is 5.67. The Morgan fingerprint density at radius 3 is 2.33 bits per heavy atom. The van der Waals surface area contributed by atoms with Gasteiger partial charge in [0.1, 0.15) is 5.92 Å². The molecule has 0 aromatic heterocycles. The number of hydrogen-bond acceptors (Lipinski definition) is 2. The molecule has 18 heavy (non-hydrogen) atoms. The summed E-state index contributed by atoms with van der Waals surface area (Å²) in [4.78, 5) is 24.5. The van der Waals surface area contributed by atoms with E-state index in [4.69, 9.17) is 5.11 Å². The van der Waals surface area contributed by atoms with Crippen LogP contribution in [0.2, 0.25) is 0 Å². The summed E-state index contributed by atoms with van der Waals surface area (Å²) >= 11 is 0. The minimum Gasteiger partial charge on any atom is -0.481 e. The molecule has 0 aliphatic carbocycles. The third kappa shape index (κ3) is 2.88. The zero-order valence-corrected chi connectivity index (χ0v) is 11.2. The third-order valence-electron chi connectivity index (χ3n) is 3.21. The highest BCUT2D eigenvalue weighted by molar-refractivity contribution is 6.05. The number of amides is 1. The van der Waals surface area contributed by atoms with Crippen LogP contribution >= 0.6 is 0 Å². The van der Waals surface area contributed by atoms with Crippen LogP contribution in [-0.2, 0) is 9.59 Å².